The minimum atomic E-state index is 0.271. The van der Waals surface area contributed by atoms with Gasteiger partial charge in [0.25, 0.3) is 0 Å². The van der Waals surface area contributed by atoms with Crippen LogP contribution in [0, 0.1) is 0 Å². The second-order valence-corrected chi connectivity index (χ2v) is 6.43. The van der Waals surface area contributed by atoms with Crippen molar-refractivity contribution in [2.75, 3.05) is 0 Å². The fraction of sp³-hybridized carbons (Fsp3) is 0.350. The Labute approximate surface area is 131 Å². The number of ketones is 1. The van der Waals surface area contributed by atoms with Gasteiger partial charge in [-0.15, -0.1) is 0 Å². The number of nitrogens with one attached hydrogen (secondary N) is 1. The van der Waals surface area contributed by atoms with E-state index in [0.29, 0.717) is 18.2 Å². The molecule has 0 saturated carbocycles. The van der Waals surface area contributed by atoms with Crippen molar-refractivity contribution in [1.82, 2.24) is 5.32 Å². The number of Topliss-reactive ketones (excluding diaryl/α,β-unsaturated/α-hetero) is 1. The Balaban J connectivity index is 1.87. The largest absolute Gasteiger partial charge is 0.307 e. The van der Waals surface area contributed by atoms with E-state index >= 15 is 0 Å². The average Bonchev–Trinajstić information content (AvgIpc) is 2.95. The van der Waals surface area contributed by atoms with Crippen LogP contribution in [0.2, 0.25) is 0 Å². The van der Waals surface area contributed by atoms with E-state index in [4.69, 9.17) is 0 Å². The van der Waals surface area contributed by atoms with Crippen molar-refractivity contribution in [1.29, 1.82) is 0 Å². The van der Waals surface area contributed by atoms with E-state index in [1.165, 1.54) is 28.3 Å². The van der Waals surface area contributed by atoms with Gasteiger partial charge in [-0.3, -0.25) is 4.79 Å². The molecule has 1 saturated heterocycles. The summed E-state index contributed by atoms with van der Waals surface area (Å²) in [6.45, 7) is 1.97. The molecule has 0 aromatic heterocycles. The molecule has 0 aliphatic carbocycles. The van der Waals surface area contributed by atoms with Crippen LogP contribution in [0.5, 0.6) is 0 Å². The van der Waals surface area contributed by atoms with Gasteiger partial charge in [0.15, 0.2) is 5.78 Å². The van der Waals surface area contributed by atoms with Crippen LogP contribution in [0.4, 0.5) is 0 Å². The van der Waals surface area contributed by atoms with E-state index in [0.717, 1.165) is 18.4 Å². The van der Waals surface area contributed by atoms with Crippen molar-refractivity contribution in [2.24, 2.45) is 0 Å². The summed E-state index contributed by atoms with van der Waals surface area (Å²) in [4.78, 5) is 12.5. The lowest BCUT2D eigenvalue weighted by atomic mass is 9.86. The summed E-state index contributed by atoms with van der Waals surface area (Å²) in [5, 5.41) is 6.12. The van der Waals surface area contributed by atoms with Gasteiger partial charge in [0.05, 0.1) is 0 Å². The van der Waals surface area contributed by atoms with E-state index in [-0.39, 0.29) is 6.04 Å². The SMILES string of the molecule is CCC(=O)C1=C(c2ccc3ccccc3c2)CC2CC[C@H]1N2. The molecule has 2 heteroatoms. The Bertz CT molecular complexity index is 774. The highest BCUT2D eigenvalue weighted by atomic mass is 16.1. The average molecular weight is 291 g/mol. The van der Waals surface area contributed by atoms with Gasteiger partial charge in [-0.1, -0.05) is 43.3 Å². The molecule has 0 spiro atoms. The van der Waals surface area contributed by atoms with Crippen molar-refractivity contribution in [3.05, 3.63) is 53.6 Å². The number of hydrogen-bond acceptors (Lipinski definition) is 2. The Morgan fingerprint density at radius 2 is 1.95 bits per heavy atom. The summed E-state index contributed by atoms with van der Waals surface area (Å²) in [5.74, 6) is 0.306. The third kappa shape index (κ3) is 2.19. The zero-order chi connectivity index (χ0) is 15.1. The molecule has 2 aliphatic rings. The maximum Gasteiger partial charge on any atom is 0.160 e. The molecule has 2 heterocycles. The van der Waals surface area contributed by atoms with Crippen LogP contribution in [-0.4, -0.2) is 17.9 Å². The lowest BCUT2D eigenvalue weighted by molar-refractivity contribution is -0.115. The molecule has 1 fully saturated rings. The van der Waals surface area contributed by atoms with E-state index in [1.807, 2.05) is 6.92 Å². The molecule has 2 aromatic carbocycles. The minimum Gasteiger partial charge on any atom is -0.307 e. The van der Waals surface area contributed by atoms with Gasteiger partial charge in [-0.25, -0.2) is 0 Å². The molecular formula is C20H21NO. The summed E-state index contributed by atoms with van der Waals surface area (Å²) in [6, 6.07) is 15.9. The predicted molar refractivity (Wildman–Crippen MR) is 90.7 cm³/mol. The summed E-state index contributed by atoms with van der Waals surface area (Å²) in [6.07, 6.45) is 3.86. The van der Waals surface area contributed by atoms with Crippen molar-refractivity contribution >= 4 is 22.1 Å². The Morgan fingerprint density at radius 3 is 2.77 bits per heavy atom. The molecule has 22 heavy (non-hydrogen) atoms. The molecule has 1 N–H and O–H groups in total. The van der Waals surface area contributed by atoms with Crippen LogP contribution in [-0.2, 0) is 4.79 Å². The van der Waals surface area contributed by atoms with E-state index in [2.05, 4.69) is 47.8 Å². The Hall–Kier alpha value is -1.93. The molecule has 0 amide bonds. The van der Waals surface area contributed by atoms with Crippen LogP contribution in [0.1, 0.15) is 38.2 Å². The van der Waals surface area contributed by atoms with Gasteiger partial charge in [0.1, 0.15) is 0 Å². The number of carbonyl (C=O) groups excluding carboxylic acids is 1. The van der Waals surface area contributed by atoms with Crippen molar-refractivity contribution < 1.29 is 4.79 Å². The number of rotatable bonds is 3. The van der Waals surface area contributed by atoms with E-state index in [1.54, 1.807) is 0 Å². The maximum absolute atomic E-state index is 12.5. The smallest absolute Gasteiger partial charge is 0.160 e. The van der Waals surface area contributed by atoms with Gasteiger partial charge in [-0.05, 0) is 47.2 Å². The summed E-state index contributed by atoms with van der Waals surface area (Å²) in [5.41, 5.74) is 3.56. The van der Waals surface area contributed by atoms with E-state index < -0.39 is 0 Å². The summed E-state index contributed by atoms with van der Waals surface area (Å²) < 4.78 is 0. The molecule has 2 aliphatic heterocycles. The van der Waals surface area contributed by atoms with Crippen LogP contribution >= 0.6 is 0 Å². The molecule has 2 bridgehead atoms. The normalized spacial score (nSPS) is 24.0. The highest BCUT2D eigenvalue weighted by molar-refractivity contribution is 6.05. The molecular weight excluding hydrogens is 270 g/mol. The van der Waals surface area contributed by atoms with Crippen molar-refractivity contribution in [2.45, 2.75) is 44.7 Å². The molecule has 2 atom stereocenters. The Kier molecular flexibility index (Phi) is 3.34. The third-order valence-corrected chi connectivity index (χ3v) is 5.08. The van der Waals surface area contributed by atoms with Crippen LogP contribution in [0.15, 0.2) is 48.0 Å². The van der Waals surface area contributed by atoms with Crippen LogP contribution in [0.3, 0.4) is 0 Å². The van der Waals surface area contributed by atoms with Gasteiger partial charge >= 0.3 is 0 Å². The molecule has 1 unspecified atom stereocenters. The first-order chi connectivity index (χ1) is 10.8. The third-order valence-electron chi connectivity index (χ3n) is 5.08. The minimum absolute atomic E-state index is 0.271. The molecule has 112 valence electrons. The van der Waals surface area contributed by atoms with Gasteiger partial charge in [0.2, 0.25) is 0 Å². The lowest BCUT2D eigenvalue weighted by Crippen LogP contribution is -2.38. The number of fused-ring (bicyclic) bond motifs is 3. The highest BCUT2D eigenvalue weighted by Crippen LogP contribution is 2.38. The second kappa shape index (κ2) is 5.36. The van der Waals surface area contributed by atoms with Crippen molar-refractivity contribution in [3.8, 4) is 0 Å². The van der Waals surface area contributed by atoms with E-state index in [9.17, 15) is 4.79 Å². The predicted octanol–water partition coefficient (Wildman–Crippen LogP) is 4.10. The monoisotopic (exact) mass is 291 g/mol. The molecule has 0 radical (unpaired) electrons. The maximum atomic E-state index is 12.5. The zero-order valence-corrected chi connectivity index (χ0v) is 12.9. The quantitative estimate of drug-likeness (QED) is 0.922. The van der Waals surface area contributed by atoms with Gasteiger partial charge in [-0.2, -0.15) is 0 Å². The zero-order valence-electron chi connectivity index (χ0n) is 12.9. The van der Waals surface area contributed by atoms with Gasteiger partial charge in [0, 0.05) is 24.1 Å². The highest BCUT2D eigenvalue weighted by Gasteiger charge is 2.36. The molecule has 2 nitrogen and oxygen atoms in total. The lowest BCUT2D eigenvalue weighted by Gasteiger charge is -2.27. The Morgan fingerprint density at radius 1 is 1.14 bits per heavy atom. The van der Waals surface area contributed by atoms with Crippen LogP contribution in [0.25, 0.3) is 16.3 Å². The first-order valence-electron chi connectivity index (χ1n) is 8.27. The molecule has 2 aromatic rings. The molecule has 4 rings (SSSR count). The fourth-order valence-electron chi connectivity index (χ4n) is 3.98. The first-order valence-corrected chi connectivity index (χ1v) is 8.27. The second-order valence-electron chi connectivity index (χ2n) is 6.43. The first kappa shape index (κ1) is 13.7. The number of carbonyl (C=O) groups is 1. The topological polar surface area (TPSA) is 29.1 Å². The van der Waals surface area contributed by atoms with Crippen LogP contribution < -0.4 is 5.32 Å². The summed E-state index contributed by atoms with van der Waals surface area (Å²) in [7, 11) is 0. The van der Waals surface area contributed by atoms with Gasteiger partial charge < -0.3 is 5.32 Å². The fourth-order valence-corrected chi connectivity index (χ4v) is 3.98. The number of benzene rings is 2. The number of hydrogen-bond donors (Lipinski definition) is 1. The summed E-state index contributed by atoms with van der Waals surface area (Å²) >= 11 is 0. The standard InChI is InChI=1S/C20H21NO/c1-2-19(22)20-17(12-16-9-10-18(20)21-16)15-8-7-13-5-3-4-6-14(13)11-15/h3-8,11,16,18,21H,2,9-10,12H2,1H3/t16?,18-/m1/s1. The van der Waals surface area contributed by atoms with Crippen molar-refractivity contribution in [3.63, 3.8) is 0 Å².